The third-order valence-corrected chi connectivity index (χ3v) is 6.40. The van der Waals surface area contributed by atoms with Crippen LogP contribution in [0.2, 0.25) is 5.02 Å². The predicted molar refractivity (Wildman–Crippen MR) is 94.3 cm³/mol. The van der Waals surface area contributed by atoms with Gasteiger partial charge in [-0.2, -0.15) is 4.31 Å². The van der Waals surface area contributed by atoms with Gasteiger partial charge in [-0.05, 0) is 6.07 Å². The summed E-state index contributed by atoms with van der Waals surface area (Å²) < 4.78 is 24.6. The van der Waals surface area contributed by atoms with E-state index >= 15 is 0 Å². The number of aromatic nitrogens is 1. The lowest BCUT2D eigenvalue weighted by Gasteiger charge is -2.32. The van der Waals surface area contributed by atoms with Gasteiger partial charge in [-0.25, -0.2) is 13.4 Å². The average molecular weight is 372 g/mol. The second kappa shape index (κ2) is 6.86. The fraction of sp³-hybridized carbons (Fsp3) is 0.400. The van der Waals surface area contributed by atoms with Gasteiger partial charge in [0, 0.05) is 43.7 Å². The van der Waals surface area contributed by atoms with Crippen molar-refractivity contribution < 1.29 is 8.42 Å². The molecule has 5 nitrogen and oxygen atoms in total. The maximum atomic E-state index is 11.5. The van der Waals surface area contributed by atoms with Gasteiger partial charge in [-0.1, -0.05) is 29.8 Å². The molecule has 0 atom stereocenters. The average Bonchev–Trinajstić information content (AvgIpc) is 2.95. The van der Waals surface area contributed by atoms with Crippen LogP contribution in [0.4, 0.5) is 0 Å². The third-order valence-electron chi connectivity index (χ3n) is 3.84. The maximum Gasteiger partial charge on any atom is 0.211 e. The van der Waals surface area contributed by atoms with Crippen LogP contribution < -0.4 is 0 Å². The predicted octanol–water partition coefficient (Wildman–Crippen LogP) is 2.54. The Balaban J connectivity index is 1.64. The molecule has 1 fully saturated rings. The molecule has 1 saturated heterocycles. The van der Waals surface area contributed by atoms with Crippen molar-refractivity contribution in [1.82, 2.24) is 14.2 Å². The molecule has 0 aliphatic carbocycles. The monoisotopic (exact) mass is 371 g/mol. The van der Waals surface area contributed by atoms with Crippen LogP contribution >= 0.6 is 22.9 Å². The molecule has 0 unspecified atom stereocenters. The minimum Gasteiger partial charge on any atom is -0.295 e. The topological polar surface area (TPSA) is 53.5 Å². The molecule has 1 aromatic heterocycles. The fourth-order valence-corrected chi connectivity index (χ4v) is 4.54. The lowest BCUT2D eigenvalue weighted by atomic mass is 10.2. The number of thiazole rings is 1. The first kappa shape index (κ1) is 16.9. The Morgan fingerprint density at radius 1 is 1.22 bits per heavy atom. The van der Waals surface area contributed by atoms with Crippen LogP contribution in [0.5, 0.6) is 0 Å². The number of rotatable bonds is 4. The zero-order chi connectivity index (χ0) is 16.4. The normalized spacial score (nSPS) is 17.5. The van der Waals surface area contributed by atoms with Crippen molar-refractivity contribution >= 4 is 33.0 Å². The molecule has 0 spiro atoms. The summed E-state index contributed by atoms with van der Waals surface area (Å²) in [5.74, 6) is 0. The maximum absolute atomic E-state index is 11.5. The zero-order valence-electron chi connectivity index (χ0n) is 12.8. The van der Waals surface area contributed by atoms with Crippen molar-refractivity contribution in [2.75, 3.05) is 32.4 Å². The molecule has 3 rings (SSSR count). The van der Waals surface area contributed by atoms with Gasteiger partial charge >= 0.3 is 0 Å². The number of hydrogen-bond donors (Lipinski definition) is 0. The summed E-state index contributed by atoms with van der Waals surface area (Å²) in [5, 5.41) is 3.66. The number of benzene rings is 1. The Labute approximate surface area is 145 Å². The Kier molecular flexibility index (Phi) is 5.03. The smallest absolute Gasteiger partial charge is 0.211 e. The first-order valence-corrected chi connectivity index (χ1v) is 10.4. The summed E-state index contributed by atoms with van der Waals surface area (Å²) in [7, 11) is -3.08. The molecular formula is C15H18ClN3O2S2. The molecule has 0 bridgehead atoms. The van der Waals surface area contributed by atoms with E-state index in [-0.39, 0.29) is 0 Å². The molecule has 124 valence electrons. The molecule has 23 heavy (non-hydrogen) atoms. The van der Waals surface area contributed by atoms with Crippen LogP contribution in [0, 0.1) is 0 Å². The van der Waals surface area contributed by atoms with E-state index in [0.717, 1.165) is 35.9 Å². The van der Waals surface area contributed by atoms with E-state index in [4.69, 9.17) is 11.6 Å². The number of piperazine rings is 1. The van der Waals surface area contributed by atoms with Gasteiger partial charge in [-0.3, -0.25) is 4.90 Å². The third kappa shape index (κ3) is 4.10. The largest absolute Gasteiger partial charge is 0.295 e. The van der Waals surface area contributed by atoms with Crippen molar-refractivity contribution in [3.05, 3.63) is 40.4 Å². The molecule has 1 aromatic carbocycles. The Morgan fingerprint density at radius 3 is 2.57 bits per heavy atom. The van der Waals surface area contributed by atoms with Gasteiger partial charge in [0.15, 0.2) is 0 Å². The van der Waals surface area contributed by atoms with Gasteiger partial charge in [0.2, 0.25) is 10.0 Å². The van der Waals surface area contributed by atoms with Gasteiger partial charge in [0.1, 0.15) is 5.01 Å². The van der Waals surface area contributed by atoms with Crippen molar-refractivity contribution in [1.29, 1.82) is 0 Å². The SMILES string of the molecule is CS(=O)(=O)N1CCN(Cc2csc(-c3ccccc3Cl)n2)CC1. The number of halogens is 1. The number of nitrogens with zero attached hydrogens (tertiary/aromatic N) is 3. The van der Waals surface area contributed by atoms with Crippen molar-refractivity contribution in [3.8, 4) is 10.6 Å². The number of sulfonamides is 1. The summed E-state index contributed by atoms with van der Waals surface area (Å²) in [6, 6.07) is 7.69. The van der Waals surface area contributed by atoms with Gasteiger partial charge in [-0.15, -0.1) is 11.3 Å². The minimum atomic E-state index is -3.08. The summed E-state index contributed by atoms with van der Waals surface area (Å²) in [4.78, 5) is 6.89. The standard InChI is InChI=1S/C15H18ClN3O2S2/c1-23(20,21)19-8-6-18(7-9-19)10-12-11-22-15(17-12)13-4-2-3-5-14(13)16/h2-5,11H,6-10H2,1H3. The van der Waals surface area contributed by atoms with Crippen LogP contribution in [0.3, 0.4) is 0 Å². The molecule has 0 N–H and O–H groups in total. The highest BCUT2D eigenvalue weighted by Gasteiger charge is 2.23. The molecular weight excluding hydrogens is 354 g/mol. The van der Waals surface area contributed by atoms with Crippen LogP contribution in [0.25, 0.3) is 10.6 Å². The van der Waals surface area contributed by atoms with Crippen molar-refractivity contribution in [3.63, 3.8) is 0 Å². The second-order valence-corrected chi connectivity index (χ2v) is 8.81. The molecule has 1 aliphatic rings. The molecule has 8 heteroatoms. The highest BCUT2D eigenvalue weighted by atomic mass is 35.5. The summed E-state index contributed by atoms with van der Waals surface area (Å²) in [5.41, 5.74) is 1.95. The van der Waals surface area contributed by atoms with Crippen LogP contribution in [0.15, 0.2) is 29.6 Å². The van der Waals surface area contributed by atoms with E-state index in [1.807, 2.05) is 29.6 Å². The molecule has 0 amide bonds. The first-order valence-electron chi connectivity index (χ1n) is 7.30. The van der Waals surface area contributed by atoms with Crippen LogP contribution in [0.1, 0.15) is 5.69 Å². The van der Waals surface area contributed by atoms with Crippen molar-refractivity contribution in [2.45, 2.75) is 6.54 Å². The second-order valence-electron chi connectivity index (χ2n) is 5.56. The summed E-state index contributed by atoms with van der Waals surface area (Å²) in [6.07, 6.45) is 1.26. The van der Waals surface area contributed by atoms with Crippen LogP contribution in [-0.2, 0) is 16.6 Å². The highest BCUT2D eigenvalue weighted by Crippen LogP contribution is 2.30. The Hall–Kier alpha value is -0.990. The fourth-order valence-electron chi connectivity index (χ4n) is 2.59. The quantitative estimate of drug-likeness (QED) is 0.828. The van der Waals surface area contributed by atoms with E-state index in [9.17, 15) is 8.42 Å². The number of hydrogen-bond acceptors (Lipinski definition) is 5. The van der Waals surface area contributed by atoms with E-state index in [1.165, 1.54) is 10.6 Å². The summed E-state index contributed by atoms with van der Waals surface area (Å²) in [6.45, 7) is 3.28. The molecule has 1 aliphatic heterocycles. The zero-order valence-corrected chi connectivity index (χ0v) is 15.2. The van der Waals surface area contributed by atoms with Gasteiger partial charge in [0.05, 0.1) is 17.0 Å². The Bertz CT molecular complexity index is 784. The van der Waals surface area contributed by atoms with Crippen molar-refractivity contribution in [2.24, 2.45) is 0 Å². The molecule has 2 aromatic rings. The van der Waals surface area contributed by atoms with Crippen LogP contribution in [-0.4, -0.2) is 55.0 Å². The van der Waals surface area contributed by atoms with E-state index < -0.39 is 10.0 Å². The lowest BCUT2D eigenvalue weighted by molar-refractivity contribution is 0.181. The molecule has 2 heterocycles. The minimum absolute atomic E-state index is 0.542. The van der Waals surface area contributed by atoms with E-state index in [0.29, 0.717) is 18.1 Å². The molecule has 0 saturated carbocycles. The Morgan fingerprint density at radius 2 is 1.91 bits per heavy atom. The summed E-state index contributed by atoms with van der Waals surface area (Å²) >= 11 is 7.79. The molecule has 0 radical (unpaired) electrons. The lowest BCUT2D eigenvalue weighted by Crippen LogP contribution is -2.47. The van der Waals surface area contributed by atoms with E-state index in [1.54, 1.807) is 11.3 Å². The van der Waals surface area contributed by atoms with Gasteiger partial charge in [0.25, 0.3) is 0 Å². The van der Waals surface area contributed by atoms with Gasteiger partial charge < -0.3 is 0 Å². The first-order chi connectivity index (χ1) is 10.9. The van der Waals surface area contributed by atoms with E-state index in [2.05, 4.69) is 9.88 Å². The highest BCUT2D eigenvalue weighted by molar-refractivity contribution is 7.88.